The summed E-state index contributed by atoms with van der Waals surface area (Å²) in [5.41, 5.74) is 0.865. The van der Waals surface area contributed by atoms with Crippen LogP contribution in [0.2, 0.25) is 0 Å². The molecule has 0 saturated heterocycles. The minimum absolute atomic E-state index is 0.228. The van der Waals surface area contributed by atoms with Gasteiger partial charge < -0.3 is 5.11 Å². The van der Waals surface area contributed by atoms with Crippen molar-refractivity contribution >= 4 is 16.9 Å². The number of halogens is 1. The number of aryl methyl sites for hydroxylation is 1. The number of carbonyl (C=O) groups is 1. The molecular formula is C10H9FN2O2. The number of hydrogen-bond acceptors (Lipinski definition) is 2. The number of hydrogen-bond donors (Lipinski definition) is 1. The summed E-state index contributed by atoms with van der Waals surface area (Å²) in [6, 6.07) is 4.51. The van der Waals surface area contributed by atoms with Crippen molar-refractivity contribution in [2.45, 2.75) is 6.42 Å². The highest BCUT2D eigenvalue weighted by Gasteiger charge is 2.15. The van der Waals surface area contributed by atoms with Crippen molar-refractivity contribution in [1.82, 2.24) is 9.78 Å². The summed E-state index contributed by atoms with van der Waals surface area (Å²) in [5, 5.41) is 13.0. The molecule has 0 radical (unpaired) electrons. The Morgan fingerprint density at radius 3 is 3.00 bits per heavy atom. The molecule has 1 heterocycles. The Bertz CT molecular complexity index is 533. The third kappa shape index (κ3) is 1.56. The lowest BCUT2D eigenvalue weighted by molar-refractivity contribution is -0.136. The first kappa shape index (κ1) is 9.64. The SMILES string of the molecule is Cn1nc2cccc(F)c2c1CC(=O)O. The topological polar surface area (TPSA) is 55.1 Å². The molecule has 0 atom stereocenters. The molecule has 1 aromatic carbocycles. The number of rotatable bonds is 2. The number of aromatic nitrogens is 2. The van der Waals surface area contributed by atoms with Crippen molar-refractivity contribution in [3.8, 4) is 0 Å². The number of nitrogens with zero attached hydrogens (tertiary/aromatic N) is 2. The largest absolute Gasteiger partial charge is 0.481 e. The van der Waals surface area contributed by atoms with Gasteiger partial charge >= 0.3 is 5.97 Å². The van der Waals surface area contributed by atoms with Gasteiger partial charge in [0, 0.05) is 7.05 Å². The fourth-order valence-corrected chi connectivity index (χ4v) is 1.61. The zero-order chi connectivity index (χ0) is 11.0. The highest BCUT2D eigenvalue weighted by atomic mass is 19.1. The molecule has 0 spiro atoms. The zero-order valence-electron chi connectivity index (χ0n) is 8.07. The van der Waals surface area contributed by atoms with E-state index in [4.69, 9.17) is 5.11 Å². The average molecular weight is 208 g/mol. The molecule has 2 rings (SSSR count). The molecule has 15 heavy (non-hydrogen) atoms. The fourth-order valence-electron chi connectivity index (χ4n) is 1.61. The summed E-state index contributed by atoms with van der Waals surface area (Å²) in [7, 11) is 1.61. The smallest absolute Gasteiger partial charge is 0.309 e. The number of aliphatic carboxylic acids is 1. The Labute approximate surface area is 84.9 Å². The summed E-state index contributed by atoms with van der Waals surface area (Å²) in [6.45, 7) is 0. The zero-order valence-corrected chi connectivity index (χ0v) is 8.07. The maximum Gasteiger partial charge on any atom is 0.309 e. The van der Waals surface area contributed by atoms with E-state index in [1.54, 1.807) is 19.2 Å². The van der Waals surface area contributed by atoms with E-state index in [2.05, 4.69) is 5.10 Å². The summed E-state index contributed by atoms with van der Waals surface area (Å²) in [4.78, 5) is 10.6. The van der Waals surface area contributed by atoms with Crippen LogP contribution < -0.4 is 0 Å². The standard InChI is InChI=1S/C10H9FN2O2/c1-13-8(5-9(14)15)10-6(11)3-2-4-7(10)12-13/h2-4H,5H2,1H3,(H,14,15). The van der Waals surface area contributed by atoms with Gasteiger partial charge in [0.2, 0.25) is 0 Å². The van der Waals surface area contributed by atoms with Gasteiger partial charge in [-0.05, 0) is 12.1 Å². The first-order valence-corrected chi connectivity index (χ1v) is 4.41. The molecule has 0 saturated carbocycles. The second-order valence-corrected chi connectivity index (χ2v) is 3.27. The van der Waals surface area contributed by atoms with Crippen molar-refractivity contribution in [3.05, 3.63) is 29.7 Å². The van der Waals surface area contributed by atoms with E-state index in [9.17, 15) is 9.18 Å². The molecular weight excluding hydrogens is 199 g/mol. The van der Waals surface area contributed by atoms with Gasteiger partial charge in [-0.1, -0.05) is 6.07 Å². The Balaban J connectivity index is 2.71. The normalized spacial score (nSPS) is 10.8. The van der Waals surface area contributed by atoms with Crippen LogP contribution in [-0.4, -0.2) is 20.9 Å². The summed E-state index contributed by atoms with van der Waals surface area (Å²) < 4.78 is 14.9. The van der Waals surface area contributed by atoms with E-state index < -0.39 is 11.8 Å². The molecule has 2 aromatic rings. The van der Waals surface area contributed by atoms with Crippen LogP contribution in [0.25, 0.3) is 10.9 Å². The number of fused-ring (bicyclic) bond motifs is 1. The molecule has 0 bridgehead atoms. The van der Waals surface area contributed by atoms with Crippen LogP contribution in [0.4, 0.5) is 4.39 Å². The maximum atomic E-state index is 13.5. The fraction of sp³-hybridized carbons (Fsp3) is 0.200. The van der Waals surface area contributed by atoms with Crippen LogP contribution in [-0.2, 0) is 18.3 Å². The van der Waals surface area contributed by atoms with Crippen molar-refractivity contribution in [3.63, 3.8) is 0 Å². The van der Waals surface area contributed by atoms with E-state index >= 15 is 0 Å². The minimum atomic E-state index is -0.997. The van der Waals surface area contributed by atoms with Crippen LogP contribution in [0.1, 0.15) is 5.69 Å². The predicted octanol–water partition coefficient (Wildman–Crippen LogP) is 1.34. The summed E-state index contributed by atoms with van der Waals surface area (Å²) in [5.74, 6) is -1.43. The molecule has 0 aliphatic rings. The van der Waals surface area contributed by atoms with Crippen molar-refractivity contribution in [1.29, 1.82) is 0 Å². The van der Waals surface area contributed by atoms with Crippen LogP contribution in [0.3, 0.4) is 0 Å². The van der Waals surface area contributed by atoms with E-state index in [1.165, 1.54) is 10.7 Å². The quantitative estimate of drug-likeness (QED) is 0.810. The van der Waals surface area contributed by atoms with Gasteiger partial charge in [-0.15, -0.1) is 0 Å². The van der Waals surface area contributed by atoms with Crippen LogP contribution in [0, 0.1) is 5.82 Å². The number of carboxylic acid groups (broad SMARTS) is 1. The first-order valence-electron chi connectivity index (χ1n) is 4.41. The number of benzene rings is 1. The van der Waals surface area contributed by atoms with Gasteiger partial charge in [0.05, 0.1) is 23.0 Å². The van der Waals surface area contributed by atoms with Crippen LogP contribution >= 0.6 is 0 Å². The van der Waals surface area contributed by atoms with E-state index in [0.29, 0.717) is 16.6 Å². The average Bonchev–Trinajstić information content (AvgIpc) is 2.43. The molecule has 1 aromatic heterocycles. The molecule has 0 fully saturated rings. The molecule has 0 aliphatic carbocycles. The lowest BCUT2D eigenvalue weighted by Gasteiger charge is -1.98. The highest BCUT2D eigenvalue weighted by molar-refractivity contribution is 5.85. The molecule has 5 heteroatoms. The lowest BCUT2D eigenvalue weighted by Crippen LogP contribution is -2.06. The van der Waals surface area contributed by atoms with Crippen molar-refractivity contribution in [2.75, 3.05) is 0 Å². The van der Waals surface area contributed by atoms with Crippen molar-refractivity contribution < 1.29 is 14.3 Å². The van der Waals surface area contributed by atoms with Crippen LogP contribution in [0.5, 0.6) is 0 Å². The van der Waals surface area contributed by atoms with Gasteiger partial charge in [0.25, 0.3) is 0 Å². The van der Waals surface area contributed by atoms with Gasteiger partial charge in [-0.2, -0.15) is 5.10 Å². The molecule has 4 nitrogen and oxygen atoms in total. The molecule has 0 amide bonds. The number of carboxylic acids is 1. The van der Waals surface area contributed by atoms with Crippen LogP contribution in [0.15, 0.2) is 18.2 Å². The Morgan fingerprint density at radius 1 is 1.60 bits per heavy atom. The van der Waals surface area contributed by atoms with Gasteiger partial charge in [0.1, 0.15) is 5.82 Å². The van der Waals surface area contributed by atoms with Gasteiger partial charge in [-0.3, -0.25) is 9.48 Å². The lowest BCUT2D eigenvalue weighted by atomic mass is 10.1. The molecule has 0 aliphatic heterocycles. The first-order chi connectivity index (χ1) is 7.09. The second-order valence-electron chi connectivity index (χ2n) is 3.27. The Hall–Kier alpha value is -1.91. The molecule has 78 valence electrons. The minimum Gasteiger partial charge on any atom is -0.481 e. The van der Waals surface area contributed by atoms with E-state index in [-0.39, 0.29) is 6.42 Å². The van der Waals surface area contributed by atoms with Gasteiger partial charge in [-0.25, -0.2) is 4.39 Å². The van der Waals surface area contributed by atoms with E-state index in [0.717, 1.165) is 0 Å². The monoisotopic (exact) mass is 208 g/mol. The van der Waals surface area contributed by atoms with Crippen molar-refractivity contribution in [2.24, 2.45) is 7.05 Å². The third-order valence-corrected chi connectivity index (χ3v) is 2.25. The summed E-state index contributed by atoms with van der Waals surface area (Å²) >= 11 is 0. The summed E-state index contributed by atoms with van der Waals surface area (Å²) in [6.07, 6.45) is -0.228. The maximum absolute atomic E-state index is 13.5. The van der Waals surface area contributed by atoms with Gasteiger partial charge in [0.15, 0.2) is 0 Å². The predicted molar refractivity (Wildman–Crippen MR) is 52.0 cm³/mol. The molecule has 1 N–H and O–H groups in total. The molecule has 0 unspecified atom stereocenters. The highest BCUT2D eigenvalue weighted by Crippen LogP contribution is 2.21. The van der Waals surface area contributed by atoms with E-state index in [1.807, 2.05) is 0 Å². The second kappa shape index (κ2) is 3.34. The Morgan fingerprint density at radius 2 is 2.33 bits per heavy atom. The third-order valence-electron chi connectivity index (χ3n) is 2.25. The Kier molecular flexibility index (Phi) is 2.15.